The van der Waals surface area contributed by atoms with Crippen LogP contribution in [-0.2, 0) is 4.74 Å². The van der Waals surface area contributed by atoms with Crippen molar-refractivity contribution in [1.82, 2.24) is 0 Å². The van der Waals surface area contributed by atoms with Gasteiger partial charge in [-0.05, 0) is 26.3 Å². The summed E-state index contributed by atoms with van der Waals surface area (Å²) in [6, 6.07) is 8.47. The van der Waals surface area contributed by atoms with Crippen LogP contribution in [0.3, 0.4) is 0 Å². The molecule has 0 unspecified atom stereocenters. The second-order valence-electron chi connectivity index (χ2n) is 3.01. The number of ether oxygens (including phenoxy) is 1. The van der Waals surface area contributed by atoms with Crippen molar-refractivity contribution >= 4 is 0 Å². The van der Waals surface area contributed by atoms with Crippen molar-refractivity contribution in [3.05, 3.63) is 35.4 Å². The van der Waals surface area contributed by atoms with Gasteiger partial charge < -0.3 is 4.74 Å². The molecule has 0 radical (unpaired) electrons. The number of rotatable bonds is 3. The summed E-state index contributed by atoms with van der Waals surface area (Å²) in [6.45, 7) is 6.96. The molecule has 0 amide bonds. The maximum absolute atomic E-state index is 5.47. The second kappa shape index (κ2) is 4.27. The molecule has 1 atom stereocenters. The molecule has 0 N–H and O–H groups in total. The molecule has 12 heavy (non-hydrogen) atoms. The smallest absolute Gasteiger partial charge is 0.0796 e. The Balaban J connectivity index is 2.68. The first-order valence-corrected chi connectivity index (χ1v) is 4.42. The van der Waals surface area contributed by atoms with E-state index in [-0.39, 0.29) is 6.10 Å². The first-order chi connectivity index (χ1) is 5.74. The van der Waals surface area contributed by atoms with Crippen molar-refractivity contribution in [3.8, 4) is 0 Å². The fourth-order valence-corrected chi connectivity index (χ4v) is 1.18. The average Bonchev–Trinajstić information content (AvgIpc) is 2.06. The molecule has 0 saturated heterocycles. The Morgan fingerprint density at radius 2 is 1.83 bits per heavy atom. The van der Waals surface area contributed by atoms with Crippen molar-refractivity contribution in [2.75, 3.05) is 6.61 Å². The van der Waals surface area contributed by atoms with Crippen molar-refractivity contribution in [2.45, 2.75) is 26.9 Å². The maximum Gasteiger partial charge on any atom is 0.0796 e. The third kappa shape index (κ3) is 2.35. The molecule has 1 rings (SSSR count). The standard InChI is InChI=1S/C11H16O/c1-4-12-10(3)11-7-5-9(2)6-8-11/h5-8,10H,4H2,1-3H3/t10-/m1/s1. The summed E-state index contributed by atoms with van der Waals surface area (Å²) in [4.78, 5) is 0. The van der Waals surface area contributed by atoms with Crippen molar-refractivity contribution < 1.29 is 4.74 Å². The summed E-state index contributed by atoms with van der Waals surface area (Å²) >= 11 is 0. The molecule has 0 aliphatic carbocycles. The summed E-state index contributed by atoms with van der Waals surface area (Å²) < 4.78 is 5.47. The molecule has 1 aromatic carbocycles. The van der Waals surface area contributed by atoms with Crippen LogP contribution >= 0.6 is 0 Å². The van der Waals surface area contributed by atoms with Gasteiger partial charge in [-0.25, -0.2) is 0 Å². The van der Waals surface area contributed by atoms with Gasteiger partial charge in [-0.1, -0.05) is 29.8 Å². The summed E-state index contributed by atoms with van der Waals surface area (Å²) in [6.07, 6.45) is 0.218. The zero-order chi connectivity index (χ0) is 8.97. The summed E-state index contributed by atoms with van der Waals surface area (Å²) in [7, 11) is 0. The molecule has 1 heteroatoms. The summed E-state index contributed by atoms with van der Waals surface area (Å²) in [5, 5.41) is 0. The van der Waals surface area contributed by atoms with Gasteiger partial charge in [-0.3, -0.25) is 0 Å². The summed E-state index contributed by atoms with van der Waals surface area (Å²) in [5.41, 5.74) is 2.55. The van der Waals surface area contributed by atoms with Crippen LogP contribution < -0.4 is 0 Å². The van der Waals surface area contributed by atoms with E-state index in [9.17, 15) is 0 Å². The Bertz CT molecular complexity index is 225. The number of hydrogen-bond acceptors (Lipinski definition) is 1. The lowest BCUT2D eigenvalue weighted by Gasteiger charge is -2.11. The molecule has 0 bridgehead atoms. The Hall–Kier alpha value is -0.820. The van der Waals surface area contributed by atoms with E-state index < -0.39 is 0 Å². The lowest BCUT2D eigenvalue weighted by molar-refractivity contribution is 0.0764. The van der Waals surface area contributed by atoms with Gasteiger partial charge >= 0.3 is 0 Å². The van der Waals surface area contributed by atoms with Gasteiger partial charge in [0.1, 0.15) is 0 Å². The predicted molar refractivity (Wildman–Crippen MR) is 51.2 cm³/mol. The maximum atomic E-state index is 5.47. The average molecular weight is 164 g/mol. The van der Waals surface area contributed by atoms with Crippen LogP contribution in [0, 0.1) is 6.92 Å². The SMILES string of the molecule is CCO[C@H](C)c1ccc(C)cc1. The van der Waals surface area contributed by atoms with Gasteiger partial charge in [0.15, 0.2) is 0 Å². The molecule has 0 aliphatic heterocycles. The number of aryl methyl sites for hydroxylation is 1. The summed E-state index contributed by atoms with van der Waals surface area (Å²) in [5.74, 6) is 0. The lowest BCUT2D eigenvalue weighted by Crippen LogP contribution is -1.98. The molecule has 1 nitrogen and oxygen atoms in total. The first-order valence-electron chi connectivity index (χ1n) is 4.42. The Kier molecular flexibility index (Phi) is 3.30. The van der Waals surface area contributed by atoms with Gasteiger partial charge in [0.05, 0.1) is 6.10 Å². The van der Waals surface area contributed by atoms with Gasteiger partial charge in [0, 0.05) is 6.61 Å². The topological polar surface area (TPSA) is 9.23 Å². The molecule has 0 spiro atoms. The zero-order valence-corrected chi connectivity index (χ0v) is 8.00. The van der Waals surface area contributed by atoms with E-state index >= 15 is 0 Å². The lowest BCUT2D eigenvalue weighted by atomic mass is 10.1. The van der Waals surface area contributed by atoms with Crippen LogP contribution in [0.1, 0.15) is 31.1 Å². The zero-order valence-electron chi connectivity index (χ0n) is 8.00. The highest BCUT2D eigenvalue weighted by molar-refractivity contribution is 5.22. The molecule has 0 heterocycles. The van der Waals surface area contributed by atoms with Crippen LogP contribution in [0.15, 0.2) is 24.3 Å². The normalized spacial score (nSPS) is 12.9. The van der Waals surface area contributed by atoms with Crippen LogP contribution in [0.4, 0.5) is 0 Å². The quantitative estimate of drug-likeness (QED) is 0.667. The van der Waals surface area contributed by atoms with E-state index in [1.807, 2.05) is 6.92 Å². The van der Waals surface area contributed by atoms with Crippen LogP contribution in [0.25, 0.3) is 0 Å². The Morgan fingerprint density at radius 1 is 1.25 bits per heavy atom. The monoisotopic (exact) mass is 164 g/mol. The van der Waals surface area contributed by atoms with Crippen LogP contribution in [-0.4, -0.2) is 6.61 Å². The van der Waals surface area contributed by atoms with E-state index in [1.54, 1.807) is 0 Å². The van der Waals surface area contributed by atoms with Gasteiger partial charge in [0.25, 0.3) is 0 Å². The van der Waals surface area contributed by atoms with Gasteiger partial charge in [0.2, 0.25) is 0 Å². The first kappa shape index (κ1) is 9.27. The van der Waals surface area contributed by atoms with Crippen molar-refractivity contribution in [2.24, 2.45) is 0 Å². The molecule has 66 valence electrons. The number of benzene rings is 1. The molecule has 0 aromatic heterocycles. The molecule has 0 saturated carbocycles. The molecular formula is C11H16O. The Labute approximate surface area is 74.4 Å². The Morgan fingerprint density at radius 3 is 2.33 bits per heavy atom. The van der Waals surface area contributed by atoms with E-state index in [0.29, 0.717) is 0 Å². The fraction of sp³-hybridized carbons (Fsp3) is 0.455. The largest absolute Gasteiger partial charge is 0.374 e. The van der Waals surface area contributed by atoms with Crippen molar-refractivity contribution in [1.29, 1.82) is 0 Å². The molecule has 1 aromatic rings. The van der Waals surface area contributed by atoms with Gasteiger partial charge in [-0.2, -0.15) is 0 Å². The highest BCUT2D eigenvalue weighted by Crippen LogP contribution is 2.16. The van der Waals surface area contributed by atoms with E-state index in [0.717, 1.165) is 6.61 Å². The van der Waals surface area contributed by atoms with Crippen molar-refractivity contribution in [3.63, 3.8) is 0 Å². The van der Waals surface area contributed by atoms with Gasteiger partial charge in [-0.15, -0.1) is 0 Å². The minimum Gasteiger partial charge on any atom is -0.374 e. The molecule has 0 fully saturated rings. The predicted octanol–water partition coefficient (Wildman–Crippen LogP) is 3.09. The van der Waals surface area contributed by atoms with Crippen LogP contribution in [0.5, 0.6) is 0 Å². The minimum atomic E-state index is 0.218. The third-order valence-corrected chi connectivity index (χ3v) is 1.96. The molecule has 0 aliphatic rings. The second-order valence-corrected chi connectivity index (χ2v) is 3.01. The third-order valence-electron chi connectivity index (χ3n) is 1.96. The number of hydrogen-bond donors (Lipinski definition) is 0. The fourth-order valence-electron chi connectivity index (χ4n) is 1.18. The molecular weight excluding hydrogens is 148 g/mol. The van der Waals surface area contributed by atoms with E-state index in [4.69, 9.17) is 4.74 Å². The highest BCUT2D eigenvalue weighted by Gasteiger charge is 2.02. The van der Waals surface area contributed by atoms with E-state index in [1.165, 1.54) is 11.1 Å². The van der Waals surface area contributed by atoms with Crippen LogP contribution in [0.2, 0.25) is 0 Å². The van der Waals surface area contributed by atoms with E-state index in [2.05, 4.69) is 38.1 Å². The highest BCUT2D eigenvalue weighted by atomic mass is 16.5. The minimum absolute atomic E-state index is 0.218.